The van der Waals surface area contributed by atoms with Crippen LogP contribution in [0, 0.1) is 6.92 Å². The summed E-state index contributed by atoms with van der Waals surface area (Å²) < 4.78 is 46.6. The SMILES string of the molecule is Cc1cc(S(N)(=O)=O)c(Cl)cc1NCCNS(C)(=O)=O. The molecule has 1 aromatic rings. The number of anilines is 1. The second kappa shape index (κ2) is 6.27. The van der Waals surface area contributed by atoms with Gasteiger partial charge in [0, 0.05) is 18.8 Å². The summed E-state index contributed by atoms with van der Waals surface area (Å²) in [6, 6.07) is 2.81. The highest BCUT2D eigenvalue weighted by atomic mass is 35.5. The molecule has 1 aromatic carbocycles. The van der Waals surface area contributed by atoms with Gasteiger partial charge in [-0.05, 0) is 24.6 Å². The molecule has 0 atom stereocenters. The Morgan fingerprint density at radius 1 is 1.20 bits per heavy atom. The van der Waals surface area contributed by atoms with Gasteiger partial charge in [-0.25, -0.2) is 26.7 Å². The summed E-state index contributed by atoms with van der Waals surface area (Å²) in [4.78, 5) is -0.142. The number of benzene rings is 1. The average Bonchev–Trinajstić information content (AvgIpc) is 2.25. The summed E-state index contributed by atoms with van der Waals surface area (Å²) in [5.74, 6) is 0. The van der Waals surface area contributed by atoms with Crippen LogP contribution < -0.4 is 15.2 Å². The zero-order valence-electron chi connectivity index (χ0n) is 11.0. The summed E-state index contributed by atoms with van der Waals surface area (Å²) in [7, 11) is -7.10. The highest BCUT2D eigenvalue weighted by Crippen LogP contribution is 2.27. The third-order valence-electron chi connectivity index (χ3n) is 2.39. The van der Waals surface area contributed by atoms with Crippen LogP contribution in [-0.2, 0) is 20.0 Å². The molecule has 0 amide bonds. The third-order valence-corrected chi connectivity index (χ3v) is 4.49. The Morgan fingerprint density at radius 3 is 2.30 bits per heavy atom. The van der Waals surface area contributed by atoms with E-state index in [2.05, 4.69) is 10.0 Å². The van der Waals surface area contributed by atoms with E-state index in [1.807, 2.05) is 0 Å². The van der Waals surface area contributed by atoms with Gasteiger partial charge < -0.3 is 5.32 Å². The first kappa shape index (κ1) is 17.2. The first-order valence-corrected chi connectivity index (χ1v) is 9.34. The molecule has 0 aliphatic rings. The Balaban J connectivity index is 2.81. The van der Waals surface area contributed by atoms with Crippen LogP contribution in [-0.4, -0.2) is 36.2 Å². The Labute approximate surface area is 123 Å². The number of nitrogens with two attached hydrogens (primary N) is 1. The van der Waals surface area contributed by atoms with Crippen LogP contribution in [0.1, 0.15) is 5.56 Å². The Kier molecular flexibility index (Phi) is 5.39. The fourth-order valence-corrected chi connectivity index (χ4v) is 3.13. The van der Waals surface area contributed by atoms with Gasteiger partial charge in [0.15, 0.2) is 0 Å². The molecule has 0 aliphatic carbocycles. The molecule has 0 bridgehead atoms. The van der Waals surface area contributed by atoms with E-state index in [4.69, 9.17) is 16.7 Å². The lowest BCUT2D eigenvalue weighted by atomic mass is 10.2. The summed E-state index contributed by atoms with van der Waals surface area (Å²) in [6.45, 7) is 2.23. The molecule has 7 nitrogen and oxygen atoms in total. The van der Waals surface area contributed by atoms with Gasteiger partial charge in [-0.15, -0.1) is 0 Å². The number of aryl methyl sites for hydroxylation is 1. The fourth-order valence-electron chi connectivity index (χ4n) is 1.50. The van der Waals surface area contributed by atoms with Crippen molar-refractivity contribution in [2.24, 2.45) is 5.14 Å². The smallest absolute Gasteiger partial charge is 0.239 e. The lowest BCUT2D eigenvalue weighted by molar-refractivity contribution is 0.588. The first-order valence-electron chi connectivity index (χ1n) is 5.52. The van der Waals surface area contributed by atoms with E-state index < -0.39 is 20.0 Å². The fraction of sp³-hybridized carbons (Fsp3) is 0.400. The summed E-state index contributed by atoms with van der Waals surface area (Å²) in [6.07, 6.45) is 1.07. The number of halogens is 1. The van der Waals surface area contributed by atoms with Crippen molar-refractivity contribution in [2.75, 3.05) is 24.7 Å². The number of rotatable bonds is 6. The molecule has 1 rings (SSSR count). The van der Waals surface area contributed by atoms with Crippen molar-refractivity contribution in [3.05, 3.63) is 22.7 Å². The molecule has 0 radical (unpaired) electrons. The van der Waals surface area contributed by atoms with E-state index >= 15 is 0 Å². The normalized spacial score (nSPS) is 12.4. The minimum atomic E-state index is -3.87. The maximum atomic E-state index is 11.3. The van der Waals surface area contributed by atoms with Gasteiger partial charge in [0.05, 0.1) is 11.3 Å². The molecule has 20 heavy (non-hydrogen) atoms. The quantitative estimate of drug-likeness (QED) is 0.641. The molecule has 0 unspecified atom stereocenters. The first-order chi connectivity index (χ1) is 9.00. The van der Waals surface area contributed by atoms with Crippen molar-refractivity contribution in [2.45, 2.75) is 11.8 Å². The lowest BCUT2D eigenvalue weighted by Crippen LogP contribution is -2.27. The maximum Gasteiger partial charge on any atom is 0.239 e. The highest BCUT2D eigenvalue weighted by Gasteiger charge is 2.15. The van der Waals surface area contributed by atoms with E-state index in [1.165, 1.54) is 12.1 Å². The Bertz CT molecular complexity index is 701. The number of sulfonamides is 2. The second-order valence-electron chi connectivity index (χ2n) is 4.24. The molecular formula is C10H16ClN3O4S2. The van der Waals surface area contributed by atoms with Gasteiger partial charge in [-0.3, -0.25) is 0 Å². The average molecular weight is 342 g/mol. The van der Waals surface area contributed by atoms with Crippen LogP contribution in [0.15, 0.2) is 17.0 Å². The van der Waals surface area contributed by atoms with Crippen molar-refractivity contribution in [3.8, 4) is 0 Å². The predicted molar refractivity (Wildman–Crippen MR) is 78.9 cm³/mol. The van der Waals surface area contributed by atoms with E-state index in [1.54, 1.807) is 6.92 Å². The molecule has 10 heteroatoms. The highest BCUT2D eigenvalue weighted by molar-refractivity contribution is 7.89. The molecule has 0 spiro atoms. The topological polar surface area (TPSA) is 118 Å². The van der Waals surface area contributed by atoms with Gasteiger partial charge in [-0.2, -0.15) is 0 Å². The van der Waals surface area contributed by atoms with Gasteiger partial charge in [0.2, 0.25) is 20.0 Å². The van der Waals surface area contributed by atoms with E-state index in [0.717, 1.165) is 6.26 Å². The zero-order valence-corrected chi connectivity index (χ0v) is 13.4. The summed E-state index contributed by atoms with van der Waals surface area (Å²) >= 11 is 5.86. The minimum Gasteiger partial charge on any atom is -0.383 e. The van der Waals surface area contributed by atoms with E-state index in [9.17, 15) is 16.8 Å². The van der Waals surface area contributed by atoms with Crippen LogP contribution in [0.5, 0.6) is 0 Å². The Morgan fingerprint density at radius 2 is 1.80 bits per heavy atom. The third kappa shape index (κ3) is 5.25. The van der Waals surface area contributed by atoms with Crippen molar-refractivity contribution in [1.29, 1.82) is 0 Å². The van der Waals surface area contributed by atoms with Crippen LogP contribution in [0.2, 0.25) is 5.02 Å². The number of hydrogen-bond donors (Lipinski definition) is 3. The number of primary sulfonamides is 1. The molecule has 0 saturated heterocycles. The number of nitrogens with one attached hydrogen (secondary N) is 2. The van der Waals surface area contributed by atoms with Crippen LogP contribution in [0.25, 0.3) is 0 Å². The van der Waals surface area contributed by atoms with Crippen LogP contribution >= 0.6 is 11.6 Å². The summed E-state index contributed by atoms with van der Waals surface area (Å²) in [5, 5.41) is 8.01. The monoisotopic (exact) mass is 341 g/mol. The van der Waals surface area contributed by atoms with Crippen molar-refractivity contribution >= 4 is 37.3 Å². The number of hydrogen-bond acceptors (Lipinski definition) is 5. The predicted octanol–water partition coefficient (Wildman–Crippen LogP) is 0.257. The lowest BCUT2D eigenvalue weighted by Gasteiger charge is -2.12. The zero-order chi connectivity index (χ0) is 15.6. The van der Waals surface area contributed by atoms with Gasteiger partial charge in [-0.1, -0.05) is 11.6 Å². The molecular weight excluding hydrogens is 326 g/mol. The molecule has 0 fully saturated rings. The Hall–Kier alpha value is -0.870. The standard InChI is InChI=1S/C10H16ClN3O4S2/c1-7-5-10(20(12,17)18)8(11)6-9(7)13-3-4-14-19(2,15)16/h5-6,13-14H,3-4H2,1-2H3,(H2,12,17,18). The van der Waals surface area contributed by atoms with Crippen molar-refractivity contribution in [1.82, 2.24) is 4.72 Å². The van der Waals surface area contributed by atoms with E-state index in [0.29, 0.717) is 17.8 Å². The van der Waals surface area contributed by atoms with Crippen molar-refractivity contribution in [3.63, 3.8) is 0 Å². The molecule has 0 heterocycles. The van der Waals surface area contributed by atoms with Gasteiger partial charge in [0.25, 0.3) is 0 Å². The van der Waals surface area contributed by atoms with Crippen molar-refractivity contribution < 1.29 is 16.8 Å². The molecule has 0 aromatic heterocycles. The molecule has 4 N–H and O–H groups in total. The summed E-state index contributed by atoms with van der Waals surface area (Å²) in [5.41, 5.74) is 1.25. The van der Waals surface area contributed by atoms with Crippen LogP contribution in [0.4, 0.5) is 5.69 Å². The van der Waals surface area contributed by atoms with Crippen LogP contribution in [0.3, 0.4) is 0 Å². The second-order valence-corrected chi connectivity index (χ2v) is 8.01. The largest absolute Gasteiger partial charge is 0.383 e. The molecule has 114 valence electrons. The molecule has 0 saturated carbocycles. The molecule has 0 aliphatic heterocycles. The van der Waals surface area contributed by atoms with Gasteiger partial charge >= 0.3 is 0 Å². The van der Waals surface area contributed by atoms with Gasteiger partial charge in [0.1, 0.15) is 4.90 Å². The maximum absolute atomic E-state index is 11.3. The minimum absolute atomic E-state index is 0.0108. The van der Waals surface area contributed by atoms with E-state index in [-0.39, 0.29) is 16.5 Å².